The van der Waals surface area contributed by atoms with Crippen LogP contribution in [-0.2, 0) is 10.9 Å². The fraction of sp³-hybridized carbons (Fsp3) is 0.643. The molecule has 1 N–H and O–H groups in total. The van der Waals surface area contributed by atoms with Gasteiger partial charge >= 0.3 is 12.3 Å². The summed E-state index contributed by atoms with van der Waals surface area (Å²) < 4.78 is 42.8. The SMILES string of the molecule is CCC(CN(CCOC)c1ncc(C(F)(F)F)cn1)N(C)C(=O)O. The smallest absolute Gasteiger partial charge is 0.419 e. The lowest BCUT2D eigenvalue weighted by Crippen LogP contribution is -2.45. The van der Waals surface area contributed by atoms with Gasteiger partial charge in [-0.05, 0) is 6.42 Å². The van der Waals surface area contributed by atoms with Gasteiger partial charge in [-0.15, -0.1) is 0 Å². The number of carbonyl (C=O) groups is 1. The minimum atomic E-state index is -4.51. The number of likely N-dealkylation sites (N-methyl/N-ethyl adjacent to an activating group) is 1. The molecule has 136 valence electrons. The maximum absolute atomic E-state index is 12.6. The highest BCUT2D eigenvalue weighted by Gasteiger charge is 2.31. The van der Waals surface area contributed by atoms with Crippen molar-refractivity contribution in [3.8, 4) is 0 Å². The van der Waals surface area contributed by atoms with Crippen LogP contribution in [-0.4, -0.2) is 66.0 Å². The van der Waals surface area contributed by atoms with Gasteiger partial charge in [-0.2, -0.15) is 13.2 Å². The lowest BCUT2D eigenvalue weighted by Gasteiger charge is -2.31. The van der Waals surface area contributed by atoms with Crippen molar-refractivity contribution in [3.05, 3.63) is 18.0 Å². The Kier molecular flexibility index (Phi) is 7.20. The summed E-state index contributed by atoms with van der Waals surface area (Å²) in [5.41, 5.74) is -0.937. The molecule has 0 radical (unpaired) electrons. The Bertz CT molecular complexity index is 525. The van der Waals surface area contributed by atoms with E-state index in [0.29, 0.717) is 32.0 Å². The van der Waals surface area contributed by atoms with Gasteiger partial charge in [-0.25, -0.2) is 14.8 Å². The molecule has 0 aliphatic heterocycles. The maximum Gasteiger partial charge on any atom is 0.419 e. The Hall–Kier alpha value is -2.10. The minimum absolute atomic E-state index is 0.0947. The third kappa shape index (κ3) is 5.52. The van der Waals surface area contributed by atoms with Crippen LogP contribution in [0.25, 0.3) is 0 Å². The summed E-state index contributed by atoms with van der Waals surface area (Å²) in [6, 6.07) is -0.356. The molecule has 0 spiro atoms. The van der Waals surface area contributed by atoms with Gasteiger partial charge in [0.05, 0.1) is 18.2 Å². The second kappa shape index (κ2) is 8.67. The van der Waals surface area contributed by atoms with E-state index < -0.39 is 17.8 Å². The van der Waals surface area contributed by atoms with E-state index in [-0.39, 0.29) is 18.5 Å². The van der Waals surface area contributed by atoms with E-state index in [4.69, 9.17) is 9.84 Å². The van der Waals surface area contributed by atoms with E-state index in [1.54, 1.807) is 4.90 Å². The van der Waals surface area contributed by atoms with Crippen molar-refractivity contribution in [1.82, 2.24) is 14.9 Å². The van der Waals surface area contributed by atoms with Crippen molar-refractivity contribution in [3.63, 3.8) is 0 Å². The molecule has 7 nitrogen and oxygen atoms in total. The summed E-state index contributed by atoms with van der Waals surface area (Å²) >= 11 is 0. The molecule has 1 aromatic heterocycles. The summed E-state index contributed by atoms with van der Waals surface area (Å²) in [4.78, 5) is 21.4. The molecule has 24 heavy (non-hydrogen) atoms. The number of carboxylic acid groups (broad SMARTS) is 1. The van der Waals surface area contributed by atoms with E-state index in [0.717, 1.165) is 4.90 Å². The Morgan fingerprint density at radius 2 is 1.96 bits per heavy atom. The second-order valence-corrected chi connectivity index (χ2v) is 5.16. The lowest BCUT2D eigenvalue weighted by atomic mass is 10.2. The molecule has 0 saturated heterocycles. The van der Waals surface area contributed by atoms with Crippen LogP contribution in [0.1, 0.15) is 18.9 Å². The van der Waals surface area contributed by atoms with Crippen molar-refractivity contribution in [2.24, 2.45) is 0 Å². The third-order valence-corrected chi connectivity index (χ3v) is 3.57. The van der Waals surface area contributed by atoms with Crippen LogP contribution in [0.3, 0.4) is 0 Å². The van der Waals surface area contributed by atoms with E-state index in [2.05, 4.69) is 9.97 Å². The Morgan fingerprint density at radius 3 is 2.38 bits per heavy atom. The molecule has 1 atom stereocenters. The zero-order chi connectivity index (χ0) is 18.3. The first-order valence-corrected chi connectivity index (χ1v) is 7.29. The van der Waals surface area contributed by atoms with Crippen molar-refractivity contribution in [2.45, 2.75) is 25.6 Å². The summed E-state index contributed by atoms with van der Waals surface area (Å²) in [6.45, 7) is 2.70. The monoisotopic (exact) mass is 350 g/mol. The molecular formula is C14H21F3N4O3. The number of hydrogen-bond donors (Lipinski definition) is 1. The molecule has 10 heteroatoms. The number of amides is 1. The lowest BCUT2D eigenvalue weighted by molar-refractivity contribution is -0.138. The molecule has 1 amide bonds. The molecule has 0 saturated carbocycles. The predicted octanol–water partition coefficient (Wildman–Crippen LogP) is 2.34. The van der Waals surface area contributed by atoms with Crippen LogP contribution in [0.5, 0.6) is 0 Å². The van der Waals surface area contributed by atoms with E-state index in [1.807, 2.05) is 6.92 Å². The van der Waals surface area contributed by atoms with Gasteiger partial charge in [-0.1, -0.05) is 6.92 Å². The standard InChI is InChI=1S/C14H21F3N4O3/c1-4-11(20(2)13(22)23)9-21(5-6-24-3)12-18-7-10(8-19-12)14(15,16)17/h7-8,11H,4-6,9H2,1-3H3,(H,22,23). The van der Waals surface area contributed by atoms with Gasteiger partial charge in [-0.3, -0.25) is 0 Å². The van der Waals surface area contributed by atoms with E-state index in [1.165, 1.54) is 14.2 Å². The van der Waals surface area contributed by atoms with Crippen LogP contribution in [0.2, 0.25) is 0 Å². The van der Waals surface area contributed by atoms with Crippen LogP contribution in [0, 0.1) is 0 Å². The van der Waals surface area contributed by atoms with Crippen molar-refractivity contribution in [2.75, 3.05) is 38.8 Å². The summed E-state index contributed by atoms with van der Waals surface area (Å²) in [5, 5.41) is 9.10. The highest BCUT2D eigenvalue weighted by atomic mass is 19.4. The highest BCUT2D eigenvalue weighted by Crippen LogP contribution is 2.28. The number of halogens is 3. The minimum Gasteiger partial charge on any atom is -0.465 e. The summed E-state index contributed by atoms with van der Waals surface area (Å²) in [6.07, 6.45) is -3.63. The Morgan fingerprint density at radius 1 is 1.38 bits per heavy atom. The first-order chi connectivity index (χ1) is 11.2. The van der Waals surface area contributed by atoms with Crippen LogP contribution < -0.4 is 4.90 Å². The molecule has 0 fully saturated rings. The molecule has 0 aromatic carbocycles. The molecule has 1 aromatic rings. The molecule has 0 aliphatic rings. The molecule has 0 bridgehead atoms. The first-order valence-electron chi connectivity index (χ1n) is 7.29. The third-order valence-electron chi connectivity index (χ3n) is 3.57. The molecule has 1 unspecified atom stereocenters. The number of aromatic nitrogens is 2. The molecular weight excluding hydrogens is 329 g/mol. The van der Waals surface area contributed by atoms with E-state index >= 15 is 0 Å². The largest absolute Gasteiger partial charge is 0.465 e. The number of anilines is 1. The van der Waals surface area contributed by atoms with Crippen LogP contribution >= 0.6 is 0 Å². The number of alkyl halides is 3. The Balaban J connectivity index is 2.97. The Labute approximate surface area is 138 Å². The predicted molar refractivity (Wildman–Crippen MR) is 81.0 cm³/mol. The average Bonchev–Trinajstić information content (AvgIpc) is 2.54. The van der Waals surface area contributed by atoms with E-state index in [9.17, 15) is 18.0 Å². The molecule has 0 aliphatic carbocycles. The zero-order valence-electron chi connectivity index (χ0n) is 13.7. The number of ether oxygens (including phenoxy) is 1. The van der Waals surface area contributed by atoms with Crippen LogP contribution in [0.15, 0.2) is 12.4 Å². The van der Waals surface area contributed by atoms with Gasteiger partial charge in [0.15, 0.2) is 0 Å². The van der Waals surface area contributed by atoms with Gasteiger partial charge in [0.2, 0.25) is 5.95 Å². The number of nitrogens with zero attached hydrogens (tertiary/aromatic N) is 4. The maximum atomic E-state index is 12.6. The zero-order valence-corrected chi connectivity index (χ0v) is 13.7. The van der Waals surface area contributed by atoms with Gasteiger partial charge in [0.1, 0.15) is 0 Å². The summed E-state index contributed by atoms with van der Waals surface area (Å²) in [7, 11) is 2.94. The van der Waals surface area contributed by atoms with Gasteiger partial charge in [0.25, 0.3) is 0 Å². The van der Waals surface area contributed by atoms with Crippen LogP contribution in [0.4, 0.5) is 23.9 Å². The fourth-order valence-corrected chi connectivity index (χ4v) is 2.04. The molecule has 1 heterocycles. The van der Waals surface area contributed by atoms with Crippen molar-refractivity contribution in [1.29, 1.82) is 0 Å². The number of rotatable bonds is 8. The quantitative estimate of drug-likeness (QED) is 0.775. The summed E-state index contributed by atoms with van der Waals surface area (Å²) in [5.74, 6) is 0.0947. The highest BCUT2D eigenvalue weighted by molar-refractivity contribution is 5.65. The fourth-order valence-electron chi connectivity index (χ4n) is 2.04. The van der Waals surface area contributed by atoms with Crippen molar-refractivity contribution >= 4 is 12.0 Å². The topological polar surface area (TPSA) is 78.8 Å². The van der Waals surface area contributed by atoms with Gasteiger partial charge < -0.3 is 19.6 Å². The first kappa shape index (κ1) is 19.9. The van der Waals surface area contributed by atoms with Crippen molar-refractivity contribution < 1.29 is 27.8 Å². The average molecular weight is 350 g/mol. The molecule has 1 rings (SSSR count). The number of hydrogen-bond acceptors (Lipinski definition) is 5. The van der Waals surface area contributed by atoms with Gasteiger partial charge in [0, 0.05) is 39.6 Å². The normalized spacial score (nSPS) is 12.8. The number of methoxy groups -OCH3 is 1. The second-order valence-electron chi connectivity index (χ2n) is 5.16.